The van der Waals surface area contributed by atoms with E-state index >= 15 is 0 Å². The van der Waals surface area contributed by atoms with E-state index in [0.717, 1.165) is 45.2 Å². The van der Waals surface area contributed by atoms with Gasteiger partial charge < -0.3 is 10.4 Å². The Morgan fingerprint density at radius 2 is 2.17 bits per heavy atom. The Morgan fingerprint density at radius 3 is 2.78 bits per heavy atom. The van der Waals surface area contributed by atoms with E-state index in [0.29, 0.717) is 5.92 Å². The first-order valence-corrected chi connectivity index (χ1v) is 7.64. The molecule has 2 N–H and O–H groups in total. The molecule has 0 aliphatic heterocycles. The van der Waals surface area contributed by atoms with Crippen LogP contribution in [-0.4, -0.2) is 24.2 Å². The third-order valence-corrected chi connectivity index (χ3v) is 4.53. The van der Waals surface area contributed by atoms with Gasteiger partial charge in [0.2, 0.25) is 0 Å². The Bertz CT molecular complexity index is 356. The Morgan fingerprint density at radius 1 is 1.39 bits per heavy atom. The normalized spacial score (nSPS) is 24.0. The Labute approximate surface area is 112 Å². The summed E-state index contributed by atoms with van der Waals surface area (Å²) in [7, 11) is 0. The van der Waals surface area contributed by atoms with Crippen molar-refractivity contribution in [3.8, 4) is 0 Å². The van der Waals surface area contributed by atoms with Crippen LogP contribution in [0.3, 0.4) is 0 Å². The minimum atomic E-state index is -0.612. The lowest BCUT2D eigenvalue weighted by Gasteiger charge is -2.26. The van der Waals surface area contributed by atoms with Crippen LogP contribution in [0.5, 0.6) is 0 Å². The quantitative estimate of drug-likeness (QED) is 0.779. The smallest absolute Gasteiger partial charge is 0.306 e. The third kappa shape index (κ3) is 4.10. The van der Waals surface area contributed by atoms with E-state index in [1.807, 2.05) is 0 Å². The standard InChI is InChI=1S/C14H21NO2S/c16-14(17)13-3-1-11(2-4-13)9-15-7-5-12-6-8-18-10-12/h6,8,10-11,13,15H,1-5,7,9H2,(H,16,17). The van der Waals surface area contributed by atoms with Crippen LogP contribution < -0.4 is 5.32 Å². The second-order valence-corrected chi connectivity index (χ2v) is 5.92. The molecule has 4 heteroatoms. The molecule has 1 fully saturated rings. The molecule has 100 valence electrons. The minimum absolute atomic E-state index is 0.0907. The van der Waals surface area contributed by atoms with Crippen molar-refractivity contribution in [2.45, 2.75) is 32.1 Å². The molecule has 1 aromatic heterocycles. The van der Waals surface area contributed by atoms with Gasteiger partial charge in [0, 0.05) is 0 Å². The van der Waals surface area contributed by atoms with Crippen LogP contribution >= 0.6 is 11.3 Å². The van der Waals surface area contributed by atoms with E-state index in [9.17, 15) is 4.79 Å². The molecule has 0 spiro atoms. The van der Waals surface area contributed by atoms with Gasteiger partial charge in [-0.1, -0.05) is 0 Å². The molecule has 0 aromatic carbocycles. The average Bonchev–Trinajstić information content (AvgIpc) is 2.88. The highest BCUT2D eigenvalue weighted by molar-refractivity contribution is 7.07. The summed E-state index contributed by atoms with van der Waals surface area (Å²) in [5.74, 6) is -0.0333. The van der Waals surface area contributed by atoms with Gasteiger partial charge in [0.25, 0.3) is 0 Å². The zero-order valence-electron chi connectivity index (χ0n) is 10.6. The summed E-state index contributed by atoms with van der Waals surface area (Å²) in [4.78, 5) is 10.8. The third-order valence-electron chi connectivity index (χ3n) is 3.80. The fourth-order valence-corrected chi connectivity index (χ4v) is 3.29. The second-order valence-electron chi connectivity index (χ2n) is 5.14. The van der Waals surface area contributed by atoms with Crippen molar-refractivity contribution in [3.05, 3.63) is 22.4 Å². The number of nitrogens with one attached hydrogen (secondary N) is 1. The Hall–Kier alpha value is -0.870. The van der Waals surface area contributed by atoms with Crippen molar-refractivity contribution in [3.63, 3.8) is 0 Å². The largest absolute Gasteiger partial charge is 0.481 e. The van der Waals surface area contributed by atoms with Gasteiger partial charge in [0.1, 0.15) is 0 Å². The van der Waals surface area contributed by atoms with E-state index in [1.165, 1.54) is 5.56 Å². The van der Waals surface area contributed by atoms with Gasteiger partial charge in [-0.05, 0) is 73.5 Å². The number of hydrogen-bond donors (Lipinski definition) is 2. The van der Waals surface area contributed by atoms with Crippen molar-refractivity contribution in [2.75, 3.05) is 13.1 Å². The second kappa shape index (κ2) is 6.90. The van der Waals surface area contributed by atoms with Crippen LogP contribution in [-0.2, 0) is 11.2 Å². The van der Waals surface area contributed by atoms with E-state index < -0.39 is 5.97 Å². The summed E-state index contributed by atoms with van der Waals surface area (Å²) in [5, 5.41) is 16.7. The first-order valence-electron chi connectivity index (χ1n) is 6.70. The lowest BCUT2D eigenvalue weighted by molar-refractivity contribution is -0.143. The SMILES string of the molecule is O=C(O)C1CCC(CNCCc2ccsc2)CC1. The summed E-state index contributed by atoms with van der Waals surface area (Å²) in [6.07, 6.45) is 4.91. The highest BCUT2D eigenvalue weighted by atomic mass is 32.1. The number of aliphatic carboxylic acids is 1. The summed E-state index contributed by atoms with van der Waals surface area (Å²) in [5.41, 5.74) is 1.40. The zero-order valence-corrected chi connectivity index (χ0v) is 11.4. The predicted molar refractivity (Wildman–Crippen MR) is 74.0 cm³/mol. The van der Waals surface area contributed by atoms with Crippen LogP contribution in [0, 0.1) is 11.8 Å². The molecule has 0 amide bonds. The van der Waals surface area contributed by atoms with Crippen molar-refractivity contribution in [2.24, 2.45) is 11.8 Å². The van der Waals surface area contributed by atoms with Crippen molar-refractivity contribution in [1.29, 1.82) is 0 Å². The van der Waals surface area contributed by atoms with Crippen LogP contribution in [0.15, 0.2) is 16.8 Å². The highest BCUT2D eigenvalue weighted by Crippen LogP contribution is 2.28. The van der Waals surface area contributed by atoms with Gasteiger partial charge in [0.05, 0.1) is 5.92 Å². The Balaban J connectivity index is 1.57. The van der Waals surface area contributed by atoms with E-state index in [4.69, 9.17) is 5.11 Å². The maximum Gasteiger partial charge on any atom is 0.306 e. The molecule has 2 rings (SSSR count). The molecule has 18 heavy (non-hydrogen) atoms. The fourth-order valence-electron chi connectivity index (χ4n) is 2.59. The van der Waals surface area contributed by atoms with Crippen molar-refractivity contribution in [1.82, 2.24) is 5.32 Å². The molecular weight excluding hydrogens is 246 g/mol. The lowest BCUT2D eigenvalue weighted by Crippen LogP contribution is -2.29. The maximum absolute atomic E-state index is 10.8. The molecule has 1 aliphatic rings. The number of hydrogen-bond acceptors (Lipinski definition) is 3. The molecule has 1 heterocycles. The van der Waals surface area contributed by atoms with Gasteiger partial charge in [-0.2, -0.15) is 11.3 Å². The van der Waals surface area contributed by atoms with Gasteiger partial charge >= 0.3 is 5.97 Å². The highest BCUT2D eigenvalue weighted by Gasteiger charge is 2.25. The van der Waals surface area contributed by atoms with Gasteiger partial charge in [-0.25, -0.2) is 0 Å². The van der Waals surface area contributed by atoms with Crippen molar-refractivity contribution >= 4 is 17.3 Å². The van der Waals surface area contributed by atoms with E-state index in [1.54, 1.807) is 11.3 Å². The lowest BCUT2D eigenvalue weighted by atomic mass is 9.82. The monoisotopic (exact) mass is 267 g/mol. The number of carboxylic acids is 1. The molecule has 0 radical (unpaired) electrons. The maximum atomic E-state index is 10.8. The van der Waals surface area contributed by atoms with Crippen molar-refractivity contribution < 1.29 is 9.90 Å². The number of carboxylic acid groups (broad SMARTS) is 1. The molecule has 0 saturated heterocycles. The van der Waals surface area contributed by atoms with Crippen LogP contribution in [0.25, 0.3) is 0 Å². The first-order chi connectivity index (χ1) is 8.75. The number of carbonyl (C=O) groups is 1. The first kappa shape index (κ1) is 13.6. The topological polar surface area (TPSA) is 49.3 Å². The summed E-state index contributed by atoms with van der Waals surface area (Å²) >= 11 is 1.75. The molecule has 3 nitrogen and oxygen atoms in total. The fraction of sp³-hybridized carbons (Fsp3) is 0.643. The van der Waals surface area contributed by atoms with Crippen LogP contribution in [0.1, 0.15) is 31.2 Å². The van der Waals surface area contributed by atoms with E-state index in [2.05, 4.69) is 22.1 Å². The van der Waals surface area contributed by atoms with Gasteiger partial charge in [-0.3, -0.25) is 4.79 Å². The molecule has 0 bridgehead atoms. The number of thiophene rings is 1. The molecule has 0 atom stereocenters. The average molecular weight is 267 g/mol. The van der Waals surface area contributed by atoms with E-state index in [-0.39, 0.29) is 5.92 Å². The van der Waals surface area contributed by atoms with Crippen LogP contribution in [0.2, 0.25) is 0 Å². The van der Waals surface area contributed by atoms with Gasteiger partial charge in [0.15, 0.2) is 0 Å². The molecule has 1 aromatic rings. The minimum Gasteiger partial charge on any atom is -0.481 e. The van der Waals surface area contributed by atoms with Gasteiger partial charge in [-0.15, -0.1) is 0 Å². The molecule has 1 saturated carbocycles. The summed E-state index contributed by atoms with van der Waals surface area (Å²) in [6, 6.07) is 2.17. The molecule has 1 aliphatic carbocycles. The number of rotatable bonds is 6. The summed E-state index contributed by atoms with van der Waals surface area (Å²) in [6.45, 7) is 2.06. The summed E-state index contributed by atoms with van der Waals surface area (Å²) < 4.78 is 0. The van der Waals surface area contributed by atoms with Crippen LogP contribution in [0.4, 0.5) is 0 Å². The molecule has 0 unspecified atom stereocenters. The Kier molecular flexibility index (Phi) is 5.20. The predicted octanol–water partition coefficient (Wildman–Crippen LogP) is 2.77. The zero-order chi connectivity index (χ0) is 12.8. The molecular formula is C14H21NO2S.